The lowest BCUT2D eigenvalue weighted by molar-refractivity contribution is 0.0963. The molecule has 2 rings (SSSR count). The summed E-state index contributed by atoms with van der Waals surface area (Å²) in [6.07, 6.45) is 0. The molecule has 0 aliphatic heterocycles. The van der Waals surface area contributed by atoms with Crippen molar-refractivity contribution in [2.75, 3.05) is 12.4 Å². The van der Waals surface area contributed by atoms with Gasteiger partial charge in [0, 0.05) is 40.5 Å². The number of hydrogen-bond acceptors (Lipinski definition) is 2. The van der Waals surface area contributed by atoms with E-state index in [1.165, 1.54) is 0 Å². The van der Waals surface area contributed by atoms with Gasteiger partial charge in [0.05, 0.1) is 0 Å². The molecule has 20 heavy (non-hydrogen) atoms. The number of hydrogen-bond donors (Lipinski definition) is 2. The first-order chi connectivity index (χ1) is 9.61. The standard InChI is InChI=1S/C15H14Cl2N2O/c1-18-15(20)10-4-2-5-11(8-10)19-9-12-13(16)6-3-7-14(12)17/h2-8,19H,9H2,1H3,(H,18,20). The molecule has 0 spiro atoms. The molecule has 0 saturated heterocycles. The van der Waals surface area contributed by atoms with Gasteiger partial charge in [-0.15, -0.1) is 0 Å². The fourth-order valence-electron chi connectivity index (χ4n) is 1.81. The number of benzene rings is 2. The normalized spacial score (nSPS) is 10.2. The first kappa shape index (κ1) is 14.7. The van der Waals surface area contributed by atoms with E-state index in [4.69, 9.17) is 23.2 Å². The van der Waals surface area contributed by atoms with Gasteiger partial charge in [0.25, 0.3) is 5.91 Å². The van der Waals surface area contributed by atoms with Crippen LogP contribution in [0.5, 0.6) is 0 Å². The van der Waals surface area contributed by atoms with E-state index in [-0.39, 0.29) is 5.91 Å². The molecular weight excluding hydrogens is 295 g/mol. The quantitative estimate of drug-likeness (QED) is 0.897. The predicted octanol–water partition coefficient (Wildman–Crippen LogP) is 3.97. The second-order valence-corrected chi connectivity index (χ2v) is 5.03. The van der Waals surface area contributed by atoms with Gasteiger partial charge in [-0.25, -0.2) is 0 Å². The molecule has 0 atom stereocenters. The fraction of sp³-hybridized carbons (Fsp3) is 0.133. The van der Waals surface area contributed by atoms with E-state index in [1.807, 2.05) is 12.1 Å². The molecule has 0 aromatic heterocycles. The molecule has 0 radical (unpaired) electrons. The van der Waals surface area contributed by atoms with Crippen molar-refractivity contribution < 1.29 is 4.79 Å². The molecule has 0 heterocycles. The number of rotatable bonds is 4. The molecule has 0 bridgehead atoms. The third-order valence-electron chi connectivity index (χ3n) is 2.88. The van der Waals surface area contributed by atoms with Crippen molar-refractivity contribution in [3.8, 4) is 0 Å². The highest BCUT2D eigenvalue weighted by atomic mass is 35.5. The monoisotopic (exact) mass is 308 g/mol. The maximum Gasteiger partial charge on any atom is 0.251 e. The molecule has 2 aromatic rings. The van der Waals surface area contributed by atoms with Crippen molar-refractivity contribution >= 4 is 34.8 Å². The van der Waals surface area contributed by atoms with Crippen LogP contribution in [0.15, 0.2) is 42.5 Å². The summed E-state index contributed by atoms with van der Waals surface area (Å²) in [7, 11) is 1.60. The van der Waals surface area contributed by atoms with E-state index in [1.54, 1.807) is 37.4 Å². The summed E-state index contributed by atoms with van der Waals surface area (Å²) in [6, 6.07) is 12.6. The largest absolute Gasteiger partial charge is 0.381 e. The maximum absolute atomic E-state index is 11.6. The van der Waals surface area contributed by atoms with Crippen molar-refractivity contribution in [2.24, 2.45) is 0 Å². The summed E-state index contributed by atoms with van der Waals surface area (Å²) in [5.74, 6) is -0.121. The lowest BCUT2D eigenvalue weighted by atomic mass is 10.1. The molecule has 5 heteroatoms. The van der Waals surface area contributed by atoms with Crippen LogP contribution in [0.2, 0.25) is 10.0 Å². The minimum absolute atomic E-state index is 0.121. The van der Waals surface area contributed by atoms with E-state index in [0.29, 0.717) is 22.2 Å². The van der Waals surface area contributed by atoms with Crippen LogP contribution in [0.25, 0.3) is 0 Å². The zero-order valence-corrected chi connectivity index (χ0v) is 12.4. The third kappa shape index (κ3) is 3.44. The van der Waals surface area contributed by atoms with Gasteiger partial charge < -0.3 is 10.6 Å². The van der Waals surface area contributed by atoms with Crippen molar-refractivity contribution in [3.05, 3.63) is 63.6 Å². The SMILES string of the molecule is CNC(=O)c1cccc(NCc2c(Cl)cccc2Cl)c1. The average molecular weight is 309 g/mol. The van der Waals surface area contributed by atoms with Crippen molar-refractivity contribution in [3.63, 3.8) is 0 Å². The molecule has 2 aromatic carbocycles. The van der Waals surface area contributed by atoms with E-state index >= 15 is 0 Å². The fourth-order valence-corrected chi connectivity index (χ4v) is 2.34. The zero-order valence-electron chi connectivity index (χ0n) is 10.9. The lowest BCUT2D eigenvalue weighted by Crippen LogP contribution is -2.17. The van der Waals surface area contributed by atoms with Crippen molar-refractivity contribution in [1.29, 1.82) is 0 Å². The molecule has 1 amide bonds. The first-order valence-electron chi connectivity index (χ1n) is 6.10. The summed E-state index contributed by atoms with van der Waals surface area (Å²) in [5, 5.41) is 7.04. The van der Waals surface area contributed by atoms with Crippen LogP contribution in [-0.4, -0.2) is 13.0 Å². The highest BCUT2D eigenvalue weighted by Crippen LogP contribution is 2.25. The maximum atomic E-state index is 11.6. The molecule has 0 aliphatic carbocycles. The van der Waals surface area contributed by atoms with Crippen LogP contribution in [0.4, 0.5) is 5.69 Å². The Morgan fingerprint density at radius 2 is 1.75 bits per heavy atom. The van der Waals surface area contributed by atoms with Crippen LogP contribution in [0.3, 0.4) is 0 Å². The van der Waals surface area contributed by atoms with E-state index in [0.717, 1.165) is 11.3 Å². The van der Waals surface area contributed by atoms with Gasteiger partial charge in [-0.1, -0.05) is 35.3 Å². The van der Waals surface area contributed by atoms with Gasteiger partial charge in [-0.3, -0.25) is 4.79 Å². The third-order valence-corrected chi connectivity index (χ3v) is 3.59. The Bertz CT molecular complexity index is 609. The summed E-state index contributed by atoms with van der Waals surface area (Å²) >= 11 is 12.2. The molecule has 0 aliphatic rings. The number of halogens is 2. The number of anilines is 1. The Morgan fingerprint density at radius 3 is 2.40 bits per heavy atom. The molecule has 104 valence electrons. The van der Waals surface area contributed by atoms with Crippen LogP contribution in [0, 0.1) is 0 Å². The van der Waals surface area contributed by atoms with Crippen LogP contribution in [0.1, 0.15) is 15.9 Å². The molecule has 0 saturated carbocycles. The van der Waals surface area contributed by atoms with Crippen molar-refractivity contribution in [2.45, 2.75) is 6.54 Å². The van der Waals surface area contributed by atoms with Gasteiger partial charge in [-0.05, 0) is 30.3 Å². The van der Waals surface area contributed by atoms with Gasteiger partial charge in [-0.2, -0.15) is 0 Å². The zero-order chi connectivity index (χ0) is 14.5. The highest BCUT2D eigenvalue weighted by molar-refractivity contribution is 6.36. The second kappa shape index (κ2) is 6.64. The van der Waals surface area contributed by atoms with Gasteiger partial charge in [0.1, 0.15) is 0 Å². The number of carbonyl (C=O) groups excluding carboxylic acids is 1. The summed E-state index contributed by atoms with van der Waals surface area (Å²) in [5.41, 5.74) is 2.27. The first-order valence-corrected chi connectivity index (χ1v) is 6.86. The second-order valence-electron chi connectivity index (χ2n) is 4.21. The summed E-state index contributed by atoms with van der Waals surface area (Å²) in [6.45, 7) is 0.496. The summed E-state index contributed by atoms with van der Waals surface area (Å²) in [4.78, 5) is 11.6. The average Bonchev–Trinajstić information content (AvgIpc) is 2.46. The Balaban J connectivity index is 2.13. The van der Waals surface area contributed by atoms with Crippen LogP contribution >= 0.6 is 23.2 Å². The topological polar surface area (TPSA) is 41.1 Å². The summed E-state index contributed by atoms with van der Waals surface area (Å²) < 4.78 is 0. The Hall–Kier alpha value is -1.71. The Labute approximate surface area is 127 Å². The van der Waals surface area contributed by atoms with Gasteiger partial charge >= 0.3 is 0 Å². The van der Waals surface area contributed by atoms with Gasteiger partial charge in [0.2, 0.25) is 0 Å². The van der Waals surface area contributed by atoms with E-state index in [2.05, 4.69) is 10.6 Å². The molecule has 2 N–H and O–H groups in total. The number of carbonyl (C=O) groups is 1. The van der Waals surface area contributed by atoms with Crippen LogP contribution in [-0.2, 0) is 6.54 Å². The number of nitrogens with one attached hydrogen (secondary N) is 2. The molecule has 0 unspecified atom stereocenters. The van der Waals surface area contributed by atoms with Gasteiger partial charge in [0.15, 0.2) is 0 Å². The Kier molecular flexibility index (Phi) is 4.88. The minimum atomic E-state index is -0.121. The lowest BCUT2D eigenvalue weighted by Gasteiger charge is -2.10. The molecular formula is C15H14Cl2N2O. The smallest absolute Gasteiger partial charge is 0.251 e. The minimum Gasteiger partial charge on any atom is -0.381 e. The van der Waals surface area contributed by atoms with Crippen LogP contribution < -0.4 is 10.6 Å². The number of amides is 1. The molecule has 3 nitrogen and oxygen atoms in total. The molecule has 0 fully saturated rings. The Morgan fingerprint density at radius 1 is 1.10 bits per heavy atom. The van der Waals surface area contributed by atoms with E-state index in [9.17, 15) is 4.79 Å². The predicted molar refractivity (Wildman–Crippen MR) is 83.6 cm³/mol. The van der Waals surface area contributed by atoms with Crippen molar-refractivity contribution in [1.82, 2.24) is 5.32 Å². The highest BCUT2D eigenvalue weighted by Gasteiger charge is 2.06. The van der Waals surface area contributed by atoms with E-state index < -0.39 is 0 Å².